The van der Waals surface area contributed by atoms with Gasteiger partial charge in [0.1, 0.15) is 12.9 Å². The largest absolute Gasteiger partial charge is 0.390 e. The lowest BCUT2D eigenvalue weighted by Crippen LogP contribution is -2.48. The van der Waals surface area contributed by atoms with Gasteiger partial charge in [-0.05, 0) is 6.42 Å². The summed E-state index contributed by atoms with van der Waals surface area (Å²) in [6, 6.07) is 0. The van der Waals surface area contributed by atoms with Gasteiger partial charge in [0, 0.05) is 13.0 Å². The smallest absolute Gasteiger partial charge is 0.186 e. The Balaban J connectivity index is 2.07. The predicted octanol–water partition coefficient (Wildman–Crippen LogP) is -0.0461. The first-order valence-electron chi connectivity index (χ1n) is 6.04. The zero-order chi connectivity index (χ0) is 12.7. The maximum absolute atomic E-state index is 9.38. The van der Waals surface area contributed by atoms with Crippen LogP contribution < -0.4 is 0 Å². The topological polar surface area (TPSA) is 88.4 Å². The number of rotatable bonds is 7. The van der Waals surface area contributed by atoms with E-state index < -0.39 is 24.8 Å². The second-order valence-electron chi connectivity index (χ2n) is 4.15. The lowest BCUT2D eigenvalue weighted by atomic mass is 10.1. The van der Waals surface area contributed by atoms with Gasteiger partial charge >= 0.3 is 0 Å². The molecule has 0 amide bonds. The van der Waals surface area contributed by atoms with Gasteiger partial charge in [-0.1, -0.05) is 19.8 Å². The first-order valence-corrected chi connectivity index (χ1v) is 6.04. The van der Waals surface area contributed by atoms with Crippen LogP contribution in [0.15, 0.2) is 0 Å². The number of aliphatic hydroxyl groups excluding tert-OH is 3. The SMILES string of the molecule is CCCCCOCOC1C[C@H](O)[C@@H](O)C(O)O1. The van der Waals surface area contributed by atoms with Crippen molar-refractivity contribution in [3.05, 3.63) is 0 Å². The Morgan fingerprint density at radius 3 is 2.65 bits per heavy atom. The molecule has 0 saturated carbocycles. The van der Waals surface area contributed by atoms with E-state index in [2.05, 4.69) is 6.92 Å². The highest BCUT2D eigenvalue weighted by molar-refractivity contribution is 4.76. The molecule has 1 aliphatic rings. The highest BCUT2D eigenvalue weighted by atomic mass is 16.8. The van der Waals surface area contributed by atoms with Crippen molar-refractivity contribution < 1.29 is 29.5 Å². The van der Waals surface area contributed by atoms with Crippen LogP contribution in [0.2, 0.25) is 0 Å². The molecule has 1 heterocycles. The van der Waals surface area contributed by atoms with Gasteiger partial charge in [0.2, 0.25) is 0 Å². The number of hydrogen-bond donors (Lipinski definition) is 3. The van der Waals surface area contributed by atoms with E-state index in [-0.39, 0.29) is 13.2 Å². The molecule has 0 aromatic rings. The Morgan fingerprint density at radius 1 is 1.24 bits per heavy atom. The van der Waals surface area contributed by atoms with Crippen molar-refractivity contribution in [3.8, 4) is 0 Å². The number of aliphatic hydroxyl groups is 3. The van der Waals surface area contributed by atoms with Crippen LogP contribution >= 0.6 is 0 Å². The van der Waals surface area contributed by atoms with Gasteiger partial charge in [-0.15, -0.1) is 0 Å². The van der Waals surface area contributed by atoms with E-state index in [1.54, 1.807) is 0 Å². The summed E-state index contributed by atoms with van der Waals surface area (Å²) >= 11 is 0. The molecule has 17 heavy (non-hydrogen) atoms. The van der Waals surface area contributed by atoms with E-state index in [1.165, 1.54) is 0 Å². The maximum Gasteiger partial charge on any atom is 0.186 e. The molecule has 4 atom stereocenters. The summed E-state index contributed by atoms with van der Waals surface area (Å²) in [5.74, 6) is 0. The second kappa shape index (κ2) is 7.97. The van der Waals surface area contributed by atoms with Crippen molar-refractivity contribution in [2.75, 3.05) is 13.4 Å². The molecule has 3 N–H and O–H groups in total. The van der Waals surface area contributed by atoms with E-state index in [0.29, 0.717) is 6.61 Å². The van der Waals surface area contributed by atoms with Crippen LogP contribution in [-0.4, -0.2) is 53.5 Å². The van der Waals surface area contributed by atoms with Crippen molar-refractivity contribution >= 4 is 0 Å². The molecule has 0 aromatic heterocycles. The standard InChI is InChI=1S/C11H22O6/c1-2-3-4-5-15-7-16-9-6-8(12)10(13)11(14)17-9/h8-14H,2-7H2,1H3/t8-,9?,10+,11?/m0/s1. The lowest BCUT2D eigenvalue weighted by molar-refractivity contribution is -0.318. The van der Waals surface area contributed by atoms with Crippen molar-refractivity contribution in [1.29, 1.82) is 0 Å². The summed E-state index contributed by atoms with van der Waals surface area (Å²) in [6.07, 6.45) is -1.12. The molecule has 0 aliphatic carbocycles. The molecule has 1 aliphatic heterocycles. The van der Waals surface area contributed by atoms with Crippen LogP contribution in [0.5, 0.6) is 0 Å². The van der Waals surface area contributed by atoms with Crippen LogP contribution in [0.25, 0.3) is 0 Å². The molecule has 6 nitrogen and oxygen atoms in total. The van der Waals surface area contributed by atoms with Gasteiger partial charge in [0.15, 0.2) is 12.6 Å². The summed E-state index contributed by atoms with van der Waals surface area (Å²) in [7, 11) is 0. The average Bonchev–Trinajstić information content (AvgIpc) is 2.30. The molecule has 0 radical (unpaired) electrons. The monoisotopic (exact) mass is 250 g/mol. The third-order valence-corrected chi connectivity index (χ3v) is 2.64. The minimum Gasteiger partial charge on any atom is -0.390 e. The Labute approximate surface area is 101 Å². The minimum absolute atomic E-state index is 0.0594. The van der Waals surface area contributed by atoms with Crippen molar-refractivity contribution in [3.63, 3.8) is 0 Å². The van der Waals surface area contributed by atoms with Gasteiger partial charge in [0.05, 0.1) is 6.10 Å². The highest BCUT2D eigenvalue weighted by Crippen LogP contribution is 2.19. The Kier molecular flexibility index (Phi) is 6.94. The molecular formula is C11H22O6. The van der Waals surface area contributed by atoms with Crippen LogP contribution in [0.4, 0.5) is 0 Å². The molecule has 1 saturated heterocycles. The molecular weight excluding hydrogens is 228 g/mol. The Morgan fingerprint density at radius 2 is 2.00 bits per heavy atom. The van der Waals surface area contributed by atoms with Crippen molar-refractivity contribution in [1.82, 2.24) is 0 Å². The van der Waals surface area contributed by atoms with E-state index in [0.717, 1.165) is 19.3 Å². The van der Waals surface area contributed by atoms with Gasteiger partial charge < -0.3 is 29.5 Å². The summed E-state index contributed by atoms with van der Waals surface area (Å²) in [6.45, 7) is 2.79. The van der Waals surface area contributed by atoms with E-state index in [1.807, 2.05) is 0 Å². The lowest BCUT2D eigenvalue weighted by Gasteiger charge is -2.33. The van der Waals surface area contributed by atoms with Gasteiger partial charge in [-0.3, -0.25) is 0 Å². The molecule has 1 rings (SSSR count). The van der Waals surface area contributed by atoms with Crippen LogP contribution in [0, 0.1) is 0 Å². The van der Waals surface area contributed by atoms with Crippen LogP contribution in [0.3, 0.4) is 0 Å². The fourth-order valence-corrected chi connectivity index (χ4v) is 1.56. The zero-order valence-electron chi connectivity index (χ0n) is 10.1. The van der Waals surface area contributed by atoms with Gasteiger partial charge in [-0.2, -0.15) is 0 Å². The first kappa shape index (κ1) is 14.8. The molecule has 0 spiro atoms. The van der Waals surface area contributed by atoms with Crippen molar-refractivity contribution in [2.24, 2.45) is 0 Å². The average molecular weight is 250 g/mol. The van der Waals surface area contributed by atoms with E-state index in [4.69, 9.17) is 14.2 Å². The summed E-state index contributed by atoms with van der Waals surface area (Å²) < 4.78 is 15.3. The molecule has 6 heteroatoms. The number of hydrogen-bond acceptors (Lipinski definition) is 6. The molecule has 0 aromatic carbocycles. The number of unbranched alkanes of at least 4 members (excludes halogenated alkanes) is 2. The summed E-state index contributed by atoms with van der Waals surface area (Å²) in [4.78, 5) is 0. The predicted molar refractivity (Wildman–Crippen MR) is 58.9 cm³/mol. The third-order valence-electron chi connectivity index (χ3n) is 2.64. The minimum atomic E-state index is -1.41. The molecule has 102 valence electrons. The van der Waals surface area contributed by atoms with E-state index >= 15 is 0 Å². The van der Waals surface area contributed by atoms with Crippen LogP contribution in [-0.2, 0) is 14.2 Å². The molecule has 0 bridgehead atoms. The fraction of sp³-hybridized carbons (Fsp3) is 1.00. The van der Waals surface area contributed by atoms with Gasteiger partial charge in [0.25, 0.3) is 0 Å². The number of ether oxygens (including phenoxy) is 3. The molecule has 1 fully saturated rings. The normalized spacial score (nSPS) is 33.9. The second-order valence-corrected chi connectivity index (χ2v) is 4.15. The molecule has 2 unspecified atom stereocenters. The van der Waals surface area contributed by atoms with Gasteiger partial charge in [-0.25, -0.2) is 0 Å². The highest BCUT2D eigenvalue weighted by Gasteiger charge is 2.35. The summed E-state index contributed by atoms with van der Waals surface area (Å²) in [5, 5.41) is 27.8. The zero-order valence-corrected chi connectivity index (χ0v) is 10.1. The van der Waals surface area contributed by atoms with Crippen LogP contribution in [0.1, 0.15) is 32.6 Å². The van der Waals surface area contributed by atoms with E-state index in [9.17, 15) is 15.3 Å². The Hall–Kier alpha value is -0.240. The maximum atomic E-state index is 9.38. The first-order chi connectivity index (χ1) is 8.15. The summed E-state index contributed by atoms with van der Waals surface area (Å²) in [5.41, 5.74) is 0. The fourth-order valence-electron chi connectivity index (χ4n) is 1.56. The van der Waals surface area contributed by atoms with Crippen molar-refractivity contribution in [2.45, 2.75) is 57.4 Å². The quantitative estimate of drug-likeness (QED) is 0.434. The third kappa shape index (κ3) is 5.29. The Bertz CT molecular complexity index is 188.